The Morgan fingerprint density at radius 1 is 0.897 bits per heavy atom. The van der Waals surface area contributed by atoms with Gasteiger partial charge in [0.05, 0.1) is 24.0 Å². The molecule has 0 fully saturated rings. The molecule has 3 aromatic carbocycles. The summed E-state index contributed by atoms with van der Waals surface area (Å²) in [4.78, 5) is 52.1. The number of imide groups is 1. The monoisotopic (exact) mass is 547 g/mol. The topological polar surface area (TPSA) is 114 Å². The average molecular weight is 548 g/mol. The van der Waals surface area contributed by atoms with Gasteiger partial charge in [-0.2, -0.15) is 0 Å². The number of halogens is 1. The molecule has 200 valence electrons. The molecular formula is C29H26ClN3O6. The molecule has 0 saturated carbocycles. The lowest BCUT2D eigenvalue weighted by atomic mass is 10.1. The third-order valence-corrected chi connectivity index (χ3v) is 5.88. The number of amides is 3. The Morgan fingerprint density at radius 2 is 1.59 bits per heavy atom. The third-order valence-electron chi connectivity index (χ3n) is 5.53. The summed E-state index contributed by atoms with van der Waals surface area (Å²) in [5.74, 6) is -1.71. The maximum absolute atomic E-state index is 13.2. The smallest absolute Gasteiger partial charge is 0.338 e. The lowest BCUT2D eigenvalue weighted by Crippen LogP contribution is -2.32. The zero-order chi connectivity index (χ0) is 28.1. The minimum absolute atomic E-state index is 0.152. The van der Waals surface area contributed by atoms with Gasteiger partial charge in [-0.3, -0.25) is 14.4 Å². The molecule has 0 spiro atoms. The molecule has 9 nitrogen and oxygen atoms in total. The summed E-state index contributed by atoms with van der Waals surface area (Å²) in [5, 5.41) is 5.34. The highest BCUT2D eigenvalue weighted by atomic mass is 35.5. The number of nitrogens with zero attached hydrogens (tertiary/aromatic N) is 1. The molecular weight excluding hydrogens is 522 g/mol. The molecule has 0 aromatic heterocycles. The van der Waals surface area contributed by atoms with Crippen LogP contribution in [-0.2, 0) is 14.3 Å². The third kappa shape index (κ3) is 6.27. The number of anilines is 3. The molecule has 1 heterocycles. The van der Waals surface area contributed by atoms with E-state index in [0.717, 1.165) is 4.90 Å². The van der Waals surface area contributed by atoms with Crippen molar-refractivity contribution in [2.24, 2.45) is 0 Å². The molecule has 10 heteroatoms. The first-order valence-electron chi connectivity index (χ1n) is 12.2. The zero-order valence-corrected chi connectivity index (χ0v) is 22.2. The van der Waals surface area contributed by atoms with Crippen molar-refractivity contribution in [3.8, 4) is 5.75 Å². The van der Waals surface area contributed by atoms with Crippen molar-refractivity contribution in [1.29, 1.82) is 0 Å². The van der Waals surface area contributed by atoms with Crippen LogP contribution in [0.4, 0.5) is 17.1 Å². The summed E-state index contributed by atoms with van der Waals surface area (Å²) in [7, 11) is 0. The van der Waals surface area contributed by atoms with E-state index in [9.17, 15) is 19.2 Å². The van der Waals surface area contributed by atoms with Crippen LogP contribution in [0.2, 0.25) is 0 Å². The first-order valence-corrected chi connectivity index (χ1v) is 12.6. The Bertz CT molecular complexity index is 1470. The van der Waals surface area contributed by atoms with Crippen LogP contribution in [0.25, 0.3) is 0 Å². The number of hydrogen-bond acceptors (Lipinski definition) is 7. The molecule has 0 aliphatic carbocycles. The van der Waals surface area contributed by atoms with E-state index >= 15 is 0 Å². The molecule has 0 unspecified atom stereocenters. The molecule has 0 saturated heterocycles. The second-order valence-electron chi connectivity index (χ2n) is 8.76. The number of carbonyl (C=O) groups excluding carboxylic acids is 4. The van der Waals surface area contributed by atoms with Gasteiger partial charge < -0.3 is 20.1 Å². The van der Waals surface area contributed by atoms with Gasteiger partial charge in [0.1, 0.15) is 16.5 Å². The van der Waals surface area contributed by atoms with E-state index < -0.39 is 17.8 Å². The molecule has 1 aliphatic heterocycles. The van der Waals surface area contributed by atoms with Crippen molar-refractivity contribution in [1.82, 2.24) is 0 Å². The molecule has 4 rings (SSSR count). The van der Waals surface area contributed by atoms with Crippen LogP contribution < -0.4 is 20.3 Å². The van der Waals surface area contributed by atoms with E-state index in [1.165, 1.54) is 24.3 Å². The van der Waals surface area contributed by atoms with Gasteiger partial charge in [-0.25, -0.2) is 9.69 Å². The molecule has 0 bridgehead atoms. The van der Waals surface area contributed by atoms with Crippen LogP contribution in [0.5, 0.6) is 5.75 Å². The van der Waals surface area contributed by atoms with Gasteiger partial charge in [0, 0.05) is 16.9 Å². The Morgan fingerprint density at radius 3 is 2.28 bits per heavy atom. The normalized spacial score (nSPS) is 13.1. The minimum Gasteiger partial charge on any atom is -0.494 e. The van der Waals surface area contributed by atoms with Crippen molar-refractivity contribution in [3.05, 3.63) is 94.7 Å². The maximum atomic E-state index is 13.2. The molecule has 39 heavy (non-hydrogen) atoms. The number of hydrogen-bond donors (Lipinski definition) is 2. The van der Waals surface area contributed by atoms with Crippen molar-refractivity contribution in [2.45, 2.75) is 26.9 Å². The van der Waals surface area contributed by atoms with Crippen LogP contribution in [0.3, 0.4) is 0 Å². The first-order chi connectivity index (χ1) is 18.7. The highest BCUT2D eigenvalue weighted by Gasteiger charge is 2.39. The second-order valence-corrected chi connectivity index (χ2v) is 9.13. The molecule has 0 atom stereocenters. The second kappa shape index (κ2) is 11.8. The Hall–Kier alpha value is -4.63. The van der Waals surface area contributed by atoms with Gasteiger partial charge in [0.2, 0.25) is 0 Å². The fourth-order valence-corrected chi connectivity index (χ4v) is 4.00. The Kier molecular flexibility index (Phi) is 8.31. The van der Waals surface area contributed by atoms with E-state index in [2.05, 4.69) is 10.6 Å². The Labute approximate surface area is 230 Å². The van der Waals surface area contributed by atoms with Crippen LogP contribution >= 0.6 is 11.6 Å². The molecule has 2 N–H and O–H groups in total. The summed E-state index contributed by atoms with van der Waals surface area (Å²) >= 11 is 6.26. The highest BCUT2D eigenvalue weighted by Crippen LogP contribution is 2.31. The largest absolute Gasteiger partial charge is 0.494 e. The van der Waals surface area contributed by atoms with Gasteiger partial charge in [0.15, 0.2) is 0 Å². The van der Waals surface area contributed by atoms with Gasteiger partial charge in [0.25, 0.3) is 17.7 Å². The molecule has 0 radical (unpaired) electrons. The quantitative estimate of drug-likeness (QED) is 0.274. The fraction of sp³-hybridized carbons (Fsp3) is 0.172. The number of carbonyl (C=O) groups is 4. The van der Waals surface area contributed by atoms with Crippen LogP contribution in [0.1, 0.15) is 41.5 Å². The van der Waals surface area contributed by atoms with Gasteiger partial charge in [-0.1, -0.05) is 23.7 Å². The lowest BCUT2D eigenvalue weighted by Gasteiger charge is -2.16. The predicted octanol–water partition coefficient (Wildman–Crippen LogP) is 5.34. The van der Waals surface area contributed by atoms with Crippen LogP contribution in [0.15, 0.2) is 83.5 Å². The maximum Gasteiger partial charge on any atom is 0.338 e. The van der Waals surface area contributed by atoms with Crippen LogP contribution in [0, 0.1) is 0 Å². The van der Waals surface area contributed by atoms with Crippen molar-refractivity contribution in [2.75, 3.05) is 22.1 Å². The standard InChI is InChI=1S/C29H26ClN3O6/c1-4-38-23-13-11-20(12-14-23)32-26(34)18-7-5-9-21(15-18)31-25-24(30)27(35)33(28(25)36)22-10-6-8-19(16-22)29(37)39-17(2)3/h5-17,31H,4H2,1-3H3,(H,32,34). The molecule has 1 aliphatic rings. The lowest BCUT2D eigenvalue weighted by molar-refractivity contribution is -0.120. The predicted molar refractivity (Wildman–Crippen MR) is 148 cm³/mol. The molecule has 3 amide bonds. The van der Waals surface area contributed by atoms with E-state index in [-0.39, 0.29) is 34.0 Å². The average Bonchev–Trinajstić information content (AvgIpc) is 3.12. The summed E-state index contributed by atoms with van der Waals surface area (Å²) in [5.41, 5.74) is 1.47. The summed E-state index contributed by atoms with van der Waals surface area (Å²) in [6.45, 7) is 5.86. The van der Waals surface area contributed by atoms with E-state index in [1.54, 1.807) is 62.4 Å². The van der Waals surface area contributed by atoms with Gasteiger partial charge in [-0.15, -0.1) is 0 Å². The summed E-state index contributed by atoms with van der Waals surface area (Å²) < 4.78 is 10.6. The van der Waals surface area contributed by atoms with E-state index in [0.29, 0.717) is 29.3 Å². The number of benzene rings is 3. The number of rotatable bonds is 9. The van der Waals surface area contributed by atoms with Crippen molar-refractivity contribution in [3.63, 3.8) is 0 Å². The highest BCUT2D eigenvalue weighted by molar-refractivity contribution is 6.53. The molecule has 3 aromatic rings. The first kappa shape index (κ1) is 27.4. The van der Waals surface area contributed by atoms with Crippen molar-refractivity contribution >= 4 is 52.4 Å². The van der Waals surface area contributed by atoms with E-state index in [1.807, 2.05) is 6.92 Å². The van der Waals surface area contributed by atoms with Crippen LogP contribution in [-0.4, -0.2) is 36.4 Å². The summed E-state index contributed by atoms with van der Waals surface area (Å²) in [6.07, 6.45) is -0.332. The van der Waals surface area contributed by atoms with Gasteiger partial charge >= 0.3 is 5.97 Å². The minimum atomic E-state index is -0.747. The SMILES string of the molecule is CCOc1ccc(NC(=O)c2cccc(NC3=C(Cl)C(=O)N(c4cccc(C(=O)OC(C)C)c4)C3=O)c2)cc1. The van der Waals surface area contributed by atoms with Gasteiger partial charge in [-0.05, 0) is 81.4 Å². The number of ether oxygens (including phenoxy) is 2. The number of esters is 1. The Balaban J connectivity index is 1.49. The summed E-state index contributed by atoms with van der Waals surface area (Å²) in [6, 6.07) is 19.3. The van der Waals surface area contributed by atoms with E-state index in [4.69, 9.17) is 21.1 Å². The fourth-order valence-electron chi connectivity index (χ4n) is 3.79. The number of nitrogens with one attached hydrogen (secondary N) is 2. The van der Waals surface area contributed by atoms with Crippen molar-refractivity contribution < 1.29 is 28.7 Å². The zero-order valence-electron chi connectivity index (χ0n) is 21.5.